The van der Waals surface area contributed by atoms with Gasteiger partial charge in [-0.3, -0.25) is 9.79 Å². The molecule has 0 radical (unpaired) electrons. The van der Waals surface area contributed by atoms with Crippen LogP contribution in [0.4, 0.5) is 5.69 Å². The van der Waals surface area contributed by atoms with Gasteiger partial charge in [-0.1, -0.05) is 55.1 Å². The van der Waals surface area contributed by atoms with Gasteiger partial charge in [0, 0.05) is 36.0 Å². The molecule has 1 aromatic rings. The van der Waals surface area contributed by atoms with Crippen molar-refractivity contribution < 1.29 is 4.79 Å². The van der Waals surface area contributed by atoms with Crippen LogP contribution in [0.25, 0.3) is 0 Å². The smallest absolute Gasteiger partial charge is 0.226 e. The summed E-state index contributed by atoms with van der Waals surface area (Å²) in [6.07, 6.45) is 8.16. The van der Waals surface area contributed by atoms with Crippen LogP contribution in [0.1, 0.15) is 44.9 Å². The van der Waals surface area contributed by atoms with E-state index in [-0.39, 0.29) is 24.4 Å². The van der Waals surface area contributed by atoms with E-state index in [0.29, 0.717) is 17.5 Å². The second kappa shape index (κ2) is 10.4. The van der Waals surface area contributed by atoms with Gasteiger partial charge >= 0.3 is 0 Å². The van der Waals surface area contributed by atoms with Crippen LogP contribution >= 0.6 is 35.8 Å². The van der Waals surface area contributed by atoms with Gasteiger partial charge in [-0.2, -0.15) is 0 Å². The summed E-state index contributed by atoms with van der Waals surface area (Å²) in [7, 11) is 2.06. The zero-order valence-corrected chi connectivity index (χ0v) is 17.5. The van der Waals surface area contributed by atoms with E-state index in [9.17, 15) is 4.79 Å². The summed E-state index contributed by atoms with van der Waals surface area (Å²) in [6, 6.07) is 7.93. The quantitative estimate of drug-likeness (QED) is 0.685. The first-order chi connectivity index (χ1) is 12.1. The van der Waals surface area contributed by atoms with Gasteiger partial charge in [0.1, 0.15) is 0 Å². The molecule has 4 nitrogen and oxygen atoms in total. The third-order valence-corrected chi connectivity index (χ3v) is 6.34. The highest BCUT2D eigenvalue weighted by Gasteiger charge is 2.29. The van der Waals surface area contributed by atoms with Crippen molar-refractivity contribution >= 4 is 52.5 Å². The van der Waals surface area contributed by atoms with Gasteiger partial charge in [0.2, 0.25) is 5.91 Å². The number of thioether (sulfide) groups is 1. The zero-order valence-electron chi connectivity index (χ0n) is 15.1. The maximum absolute atomic E-state index is 12.3. The number of hydrogen-bond donors (Lipinski definition) is 1. The molecule has 2 fully saturated rings. The number of nitrogens with one attached hydrogen (secondary N) is 1. The van der Waals surface area contributed by atoms with Crippen LogP contribution in [0.5, 0.6) is 0 Å². The molecule has 1 unspecified atom stereocenters. The Kier molecular flexibility index (Phi) is 8.58. The molecule has 1 saturated heterocycles. The first-order valence-corrected chi connectivity index (χ1v) is 10.5. The molecule has 1 aliphatic heterocycles. The van der Waals surface area contributed by atoms with E-state index in [1.54, 1.807) is 23.9 Å². The van der Waals surface area contributed by atoms with E-state index in [0.717, 1.165) is 16.6 Å². The fourth-order valence-electron chi connectivity index (χ4n) is 3.40. The standard InChI is InChI=1S/C19H26ClN3OS.ClH/c1-23-17(12-18(24)21-16-10-6-7-14(20)11-16)13-25-19(23)22-15-8-4-2-3-5-9-15;/h6-7,10-11,15,17H,2-5,8-9,12-13H2,1H3,(H,21,24);1H. The Hall–Kier alpha value is -0.910. The van der Waals surface area contributed by atoms with Gasteiger partial charge < -0.3 is 10.2 Å². The lowest BCUT2D eigenvalue weighted by Gasteiger charge is -2.21. The molecule has 1 aromatic carbocycles. The van der Waals surface area contributed by atoms with Crippen LogP contribution in [0.3, 0.4) is 0 Å². The molecular weight excluding hydrogens is 389 g/mol. The van der Waals surface area contributed by atoms with Crippen LogP contribution in [0.15, 0.2) is 29.3 Å². The summed E-state index contributed by atoms with van der Waals surface area (Å²) in [5, 5.41) is 4.67. The van der Waals surface area contributed by atoms with Crippen molar-refractivity contribution in [2.45, 2.75) is 57.0 Å². The van der Waals surface area contributed by atoms with E-state index >= 15 is 0 Å². The highest BCUT2D eigenvalue weighted by molar-refractivity contribution is 8.14. The van der Waals surface area contributed by atoms with Crippen LogP contribution in [0.2, 0.25) is 5.02 Å². The molecule has 0 spiro atoms. The maximum Gasteiger partial charge on any atom is 0.226 e. The van der Waals surface area contributed by atoms with Gasteiger partial charge in [0.25, 0.3) is 0 Å². The number of amidine groups is 1. The molecule has 26 heavy (non-hydrogen) atoms. The number of halogens is 2. The van der Waals surface area contributed by atoms with Gasteiger partial charge in [-0.05, 0) is 31.0 Å². The Bertz CT molecular complexity index is 633. The summed E-state index contributed by atoms with van der Waals surface area (Å²) in [6.45, 7) is 0. The predicted octanol–water partition coefficient (Wildman–Crippen LogP) is 5.22. The van der Waals surface area contributed by atoms with Crippen molar-refractivity contribution in [3.05, 3.63) is 29.3 Å². The topological polar surface area (TPSA) is 44.7 Å². The van der Waals surface area contributed by atoms with E-state index < -0.39 is 0 Å². The lowest BCUT2D eigenvalue weighted by atomic mass is 10.1. The highest BCUT2D eigenvalue weighted by Crippen LogP contribution is 2.28. The van der Waals surface area contributed by atoms with Gasteiger partial charge in [-0.25, -0.2) is 0 Å². The number of carbonyl (C=O) groups is 1. The highest BCUT2D eigenvalue weighted by atomic mass is 35.5. The van der Waals surface area contributed by atoms with Crippen LogP contribution < -0.4 is 5.32 Å². The van der Waals surface area contributed by atoms with Crippen LogP contribution in [0, 0.1) is 0 Å². The minimum atomic E-state index is 0. The van der Waals surface area contributed by atoms with Gasteiger partial charge in [0.05, 0.1) is 6.04 Å². The molecule has 7 heteroatoms. The minimum Gasteiger partial charge on any atom is -0.350 e. The van der Waals surface area contributed by atoms with Crippen molar-refractivity contribution in [3.63, 3.8) is 0 Å². The summed E-state index contributed by atoms with van der Waals surface area (Å²) >= 11 is 7.75. The van der Waals surface area contributed by atoms with E-state index in [1.165, 1.54) is 38.5 Å². The Morgan fingerprint density at radius 3 is 2.73 bits per heavy atom. The molecule has 0 bridgehead atoms. The van der Waals surface area contributed by atoms with Crippen molar-refractivity contribution in [1.82, 2.24) is 4.90 Å². The number of carbonyl (C=O) groups excluding carboxylic acids is 1. The Balaban J connectivity index is 0.00000243. The molecule has 1 amide bonds. The van der Waals surface area contributed by atoms with Gasteiger partial charge in [0.15, 0.2) is 5.17 Å². The second-order valence-corrected chi connectivity index (χ2v) is 8.32. The molecular formula is C19H27Cl2N3OS. The van der Waals surface area contributed by atoms with Crippen LogP contribution in [-0.2, 0) is 4.79 Å². The number of rotatable bonds is 4. The summed E-state index contributed by atoms with van der Waals surface area (Å²) in [5.41, 5.74) is 0.748. The Labute approximate surface area is 171 Å². The number of nitrogens with zero attached hydrogens (tertiary/aromatic N) is 2. The number of benzene rings is 1. The van der Waals surface area contributed by atoms with Crippen molar-refractivity contribution in [3.8, 4) is 0 Å². The zero-order chi connectivity index (χ0) is 17.6. The van der Waals surface area contributed by atoms with Gasteiger partial charge in [-0.15, -0.1) is 12.4 Å². The molecule has 3 rings (SSSR count). The Morgan fingerprint density at radius 1 is 1.31 bits per heavy atom. The fraction of sp³-hybridized carbons (Fsp3) is 0.579. The average molecular weight is 416 g/mol. The fourth-order valence-corrected chi connectivity index (χ4v) is 4.85. The Morgan fingerprint density at radius 2 is 2.04 bits per heavy atom. The van der Waals surface area contributed by atoms with Crippen molar-refractivity contribution in [2.75, 3.05) is 18.1 Å². The third-order valence-electron chi connectivity index (χ3n) is 4.90. The first kappa shape index (κ1) is 21.4. The number of aliphatic imine (C=N–C) groups is 1. The first-order valence-electron chi connectivity index (χ1n) is 9.10. The SMILES string of the molecule is CN1C(=NC2CCCCCC2)SCC1CC(=O)Nc1cccc(Cl)c1.Cl. The van der Waals surface area contributed by atoms with Crippen molar-refractivity contribution in [1.29, 1.82) is 0 Å². The maximum atomic E-state index is 12.3. The molecule has 144 valence electrons. The average Bonchev–Trinajstić information content (AvgIpc) is 2.78. The summed E-state index contributed by atoms with van der Waals surface area (Å²) in [5.74, 6) is 0.945. The molecule has 1 atom stereocenters. The third kappa shape index (κ3) is 6.07. The molecule has 1 saturated carbocycles. The summed E-state index contributed by atoms with van der Waals surface area (Å²) in [4.78, 5) is 19.5. The van der Waals surface area contributed by atoms with E-state index in [4.69, 9.17) is 16.6 Å². The normalized spacial score (nSPS) is 22.8. The second-order valence-electron chi connectivity index (χ2n) is 6.90. The number of amides is 1. The molecule has 1 N–H and O–H groups in total. The molecule has 0 aromatic heterocycles. The van der Waals surface area contributed by atoms with Crippen molar-refractivity contribution in [2.24, 2.45) is 4.99 Å². The number of hydrogen-bond acceptors (Lipinski definition) is 3. The van der Waals surface area contributed by atoms with E-state index in [2.05, 4.69) is 17.3 Å². The van der Waals surface area contributed by atoms with Crippen LogP contribution in [-0.4, -0.2) is 40.9 Å². The monoisotopic (exact) mass is 415 g/mol. The number of anilines is 1. The molecule has 1 heterocycles. The lowest BCUT2D eigenvalue weighted by Crippen LogP contribution is -2.34. The lowest BCUT2D eigenvalue weighted by molar-refractivity contribution is -0.116. The largest absolute Gasteiger partial charge is 0.350 e. The summed E-state index contributed by atoms with van der Waals surface area (Å²) < 4.78 is 0. The van der Waals surface area contributed by atoms with E-state index in [1.807, 2.05) is 12.1 Å². The predicted molar refractivity (Wildman–Crippen MR) is 115 cm³/mol. The minimum absolute atomic E-state index is 0. The molecule has 2 aliphatic rings. The molecule has 1 aliphatic carbocycles.